The number of methoxy groups -OCH3 is 2. The maximum Gasteiger partial charge on any atom is 0.260 e. The first kappa shape index (κ1) is 13.5. The number of benzene rings is 1. The van der Waals surface area contributed by atoms with Gasteiger partial charge in [-0.1, -0.05) is 6.07 Å². The molecule has 2 rings (SSSR count). The molecule has 1 aromatic rings. The van der Waals surface area contributed by atoms with E-state index in [1.807, 2.05) is 4.90 Å². The van der Waals surface area contributed by atoms with Crippen LogP contribution in [0.1, 0.15) is 12.8 Å². The van der Waals surface area contributed by atoms with Crippen molar-refractivity contribution in [1.82, 2.24) is 4.90 Å². The van der Waals surface area contributed by atoms with Crippen LogP contribution in [0.25, 0.3) is 0 Å². The number of rotatable bonds is 5. The molecule has 0 spiro atoms. The van der Waals surface area contributed by atoms with Gasteiger partial charge < -0.3 is 19.1 Å². The number of carbonyl (C=O) groups is 1. The Balaban J connectivity index is 2.00. The zero-order chi connectivity index (χ0) is 13.7. The molecular formula is C14H19NO4. The fraction of sp³-hybridized carbons (Fsp3) is 0.500. The molecule has 19 heavy (non-hydrogen) atoms. The Morgan fingerprint density at radius 3 is 2.47 bits per heavy atom. The molecule has 104 valence electrons. The summed E-state index contributed by atoms with van der Waals surface area (Å²) in [6, 6.07) is 5.35. The zero-order valence-electron chi connectivity index (χ0n) is 11.3. The van der Waals surface area contributed by atoms with Crippen molar-refractivity contribution in [2.75, 3.05) is 33.9 Å². The van der Waals surface area contributed by atoms with Crippen LogP contribution in [0.4, 0.5) is 0 Å². The van der Waals surface area contributed by atoms with Crippen LogP contribution >= 0.6 is 0 Å². The average Bonchev–Trinajstić information content (AvgIpc) is 2.98. The van der Waals surface area contributed by atoms with E-state index in [0.717, 1.165) is 25.9 Å². The van der Waals surface area contributed by atoms with E-state index in [1.165, 1.54) is 0 Å². The van der Waals surface area contributed by atoms with E-state index in [0.29, 0.717) is 17.2 Å². The molecule has 0 radical (unpaired) electrons. The molecule has 1 fully saturated rings. The summed E-state index contributed by atoms with van der Waals surface area (Å²) >= 11 is 0. The number of likely N-dealkylation sites (tertiary alicyclic amines) is 1. The molecule has 0 atom stereocenters. The van der Waals surface area contributed by atoms with Crippen LogP contribution in [-0.4, -0.2) is 44.7 Å². The van der Waals surface area contributed by atoms with Crippen molar-refractivity contribution < 1.29 is 19.0 Å². The summed E-state index contributed by atoms with van der Waals surface area (Å²) < 4.78 is 16.0. The third-order valence-corrected chi connectivity index (χ3v) is 3.18. The highest BCUT2D eigenvalue weighted by molar-refractivity contribution is 5.78. The fourth-order valence-corrected chi connectivity index (χ4v) is 2.17. The SMILES string of the molecule is COc1cccc(OCC(=O)N2CCCC2)c1OC. The van der Waals surface area contributed by atoms with E-state index in [4.69, 9.17) is 14.2 Å². The smallest absolute Gasteiger partial charge is 0.260 e. The van der Waals surface area contributed by atoms with Gasteiger partial charge >= 0.3 is 0 Å². The van der Waals surface area contributed by atoms with Crippen LogP contribution in [0, 0.1) is 0 Å². The van der Waals surface area contributed by atoms with E-state index in [9.17, 15) is 4.79 Å². The molecule has 1 amide bonds. The van der Waals surface area contributed by atoms with Gasteiger partial charge in [-0.15, -0.1) is 0 Å². The first-order valence-corrected chi connectivity index (χ1v) is 6.38. The van der Waals surface area contributed by atoms with Crippen molar-refractivity contribution in [3.63, 3.8) is 0 Å². The number of nitrogens with zero attached hydrogens (tertiary/aromatic N) is 1. The van der Waals surface area contributed by atoms with E-state index in [1.54, 1.807) is 32.4 Å². The summed E-state index contributed by atoms with van der Waals surface area (Å²) in [5.41, 5.74) is 0. The van der Waals surface area contributed by atoms with Gasteiger partial charge in [0.25, 0.3) is 5.91 Å². The van der Waals surface area contributed by atoms with Gasteiger partial charge in [0.1, 0.15) is 0 Å². The third kappa shape index (κ3) is 3.10. The Morgan fingerprint density at radius 1 is 1.16 bits per heavy atom. The van der Waals surface area contributed by atoms with Crippen molar-refractivity contribution in [2.24, 2.45) is 0 Å². The van der Waals surface area contributed by atoms with Crippen LogP contribution in [-0.2, 0) is 4.79 Å². The topological polar surface area (TPSA) is 48.0 Å². The van der Waals surface area contributed by atoms with Crippen molar-refractivity contribution >= 4 is 5.91 Å². The van der Waals surface area contributed by atoms with Gasteiger partial charge in [-0.2, -0.15) is 0 Å². The molecule has 0 aliphatic carbocycles. The maximum atomic E-state index is 11.9. The normalized spacial score (nSPS) is 14.3. The fourth-order valence-electron chi connectivity index (χ4n) is 2.17. The summed E-state index contributed by atoms with van der Waals surface area (Å²) in [6.07, 6.45) is 2.16. The molecular weight excluding hydrogens is 246 g/mol. The molecule has 0 unspecified atom stereocenters. The number of ether oxygens (including phenoxy) is 3. The molecule has 1 aromatic carbocycles. The van der Waals surface area contributed by atoms with Gasteiger partial charge in [0.2, 0.25) is 5.75 Å². The molecule has 0 N–H and O–H groups in total. The molecule has 0 saturated carbocycles. The van der Waals surface area contributed by atoms with E-state index in [2.05, 4.69) is 0 Å². The number of hydrogen-bond acceptors (Lipinski definition) is 4. The Labute approximate surface area is 113 Å². The molecule has 1 aliphatic rings. The van der Waals surface area contributed by atoms with Crippen molar-refractivity contribution in [3.8, 4) is 17.2 Å². The van der Waals surface area contributed by atoms with Crippen molar-refractivity contribution in [1.29, 1.82) is 0 Å². The number of para-hydroxylation sites is 1. The quantitative estimate of drug-likeness (QED) is 0.813. The monoisotopic (exact) mass is 265 g/mol. The molecule has 1 heterocycles. The van der Waals surface area contributed by atoms with Gasteiger partial charge in [-0.05, 0) is 25.0 Å². The van der Waals surface area contributed by atoms with Gasteiger partial charge in [0.15, 0.2) is 18.1 Å². The molecule has 1 aliphatic heterocycles. The number of carbonyl (C=O) groups excluding carboxylic acids is 1. The minimum absolute atomic E-state index is 0.0161. The van der Waals surface area contributed by atoms with Crippen LogP contribution in [0.2, 0.25) is 0 Å². The highest BCUT2D eigenvalue weighted by Crippen LogP contribution is 2.36. The maximum absolute atomic E-state index is 11.9. The molecule has 1 saturated heterocycles. The number of hydrogen-bond donors (Lipinski definition) is 0. The minimum Gasteiger partial charge on any atom is -0.493 e. The van der Waals surface area contributed by atoms with E-state index in [-0.39, 0.29) is 12.5 Å². The van der Waals surface area contributed by atoms with Crippen LogP contribution in [0.5, 0.6) is 17.2 Å². The summed E-state index contributed by atoms with van der Waals surface area (Å²) in [5.74, 6) is 1.64. The van der Waals surface area contributed by atoms with Crippen LogP contribution in [0.3, 0.4) is 0 Å². The lowest BCUT2D eigenvalue weighted by atomic mass is 10.3. The standard InChI is InChI=1S/C14H19NO4/c1-17-11-6-5-7-12(14(11)18-2)19-10-13(16)15-8-3-4-9-15/h5-7H,3-4,8-10H2,1-2H3. The summed E-state index contributed by atoms with van der Waals surface area (Å²) in [4.78, 5) is 13.7. The van der Waals surface area contributed by atoms with Crippen LogP contribution < -0.4 is 14.2 Å². The Morgan fingerprint density at radius 2 is 1.84 bits per heavy atom. The lowest BCUT2D eigenvalue weighted by Gasteiger charge is -2.17. The average molecular weight is 265 g/mol. The predicted molar refractivity (Wildman–Crippen MR) is 70.9 cm³/mol. The highest BCUT2D eigenvalue weighted by Gasteiger charge is 2.19. The molecule has 0 aromatic heterocycles. The largest absolute Gasteiger partial charge is 0.493 e. The molecule has 0 bridgehead atoms. The van der Waals surface area contributed by atoms with Gasteiger partial charge in [-0.25, -0.2) is 0 Å². The van der Waals surface area contributed by atoms with Crippen molar-refractivity contribution in [2.45, 2.75) is 12.8 Å². The Bertz CT molecular complexity index is 441. The second-order valence-corrected chi connectivity index (χ2v) is 4.37. The number of amides is 1. The third-order valence-electron chi connectivity index (χ3n) is 3.18. The van der Waals surface area contributed by atoms with Gasteiger partial charge in [0.05, 0.1) is 14.2 Å². The van der Waals surface area contributed by atoms with Gasteiger partial charge in [-0.3, -0.25) is 4.79 Å². The molecule has 5 heteroatoms. The van der Waals surface area contributed by atoms with E-state index >= 15 is 0 Å². The van der Waals surface area contributed by atoms with Gasteiger partial charge in [0, 0.05) is 13.1 Å². The highest BCUT2D eigenvalue weighted by atomic mass is 16.5. The lowest BCUT2D eigenvalue weighted by molar-refractivity contribution is -0.132. The second kappa shape index (κ2) is 6.31. The van der Waals surface area contributed by atoms with Crippen LogP contribution in [0.15, 0.2) is 18.2 Å². The van der Waals surface area contributed by atoms with E-state index < -0.39 is 0 Å². The zero-order valence-corrected chi connectivity index (χ0v) is 11.3. The summed E-state index contributed by atoms with van der Waals surface area (Å²) in [5, 5.41) is 0. The minimum atomic E-state index is 0.0161. The summed E-state index contributed by atoms with van der Waals surface area (Å²) in [6.45, 7) is 1.69. The first-order valence-electron chi connectivity index (χ1n) is 6.38. The molecule has 5 nitrogen and oxygen atoms in total. The first-order chi connectivity index (χ1) is 9.26. The second-order valence-electron chi connectivity index (χ2n) is 4.37. The lowest BCUT2D eigenvalue weighted by Crippen LogP contribution is -2.32. The predicted octanol–water partition coefficient (Wildman–Crippen LogP) is 1.70. The Hall–Kier alpha value is -1.91. The Kier molecular flexibility index (Phi) is 4.49. The summed E-state index contributed by atoms with van der Waals surface area (Å²) in [7, 11) is 3.12. The van der Waals surface area contributed by atoms with Crippen molar-refractivity contribution in [3.05, 3.63) is 18.2 Å².